The highest BCUT2D eigenvalue weighted by Gasteiger charge is 2.06. The average Bonchev–Trinajstić information content (AvgIpc) is 2.34. The average molecular weight is 286 g/mol. The second-order valence-corrected chi connectivity index (χ2v) is 4.12. The molecule has 1 aromatic heterocycles. The summed E-state index contributed by atoms with van der Waals surface area (Å²) < 4.78 is 0. The zero-order valence-electron chi connectivity index (χ0n) is 11.2. The van der Waals surface area contributed by atoms with Gasteiger partial charge in [0.15, 0.2) is 0 Å². The lowest BCUT2D eigenvalue weighted by Gasteiger charge is -2.15. The molecule has 0 saturated carbocycles. The Kier molecular flexibility index (Phi) is 8.48. The van der Waals surface area contributed by atoms with E-state index in [4.69, 9.17) is 5.73 Å². The Bertz CT molecular complexity index is 396. The minimum atomic E-state index is -0.555. The number of nitrogens with zero attached hydrogens (tertiary/aromatic N) is 4. The molecule has 0 fully saturated rings. The molecule has 0 radical (unpaired) electrons. The second kappa shape index (κ2) is 9.29. The summed E-state index contributed by atoms with van der Waals surface area (Å²) in [6.45, 7) is 1.37. The van der Waals surface area contributed by atoms with Crippen molar-refractivity contribution >= 4 is 24.7 Å². The first-order valence-corrected chi connectivity index (χ1v) is 5.76. The van der Waals surface area contributed by atoms with E-state index in [1.807, 2.05) is 37.2 Å². The van der Waals surface area contributed by atoms with Gasteiger partial charge in [-0.25, -0.2) is 9.80 Å². The van der Waals surface area contributed by atoms with Crippen LogP contribution < -0.4 is 5.73 Å². The highest BCUT2D eigenvalue weighted by atomic mass is 35.5. The lowest BCUT2D eigenvalue weighted by molar-refractivity contribution is 0.207. The van der Waals surface area contributed by atoms with Crippen molar-refractivity contribution in [2.75, 3.05) is 27.2 Å². The fourth-order valence-corrected chi connectivity index (χ4v) is 1.34. The highest BCUT2D eigenvalue weighted by molar-refractivity contribution is 5.85. The van der Waals surface area contributed by atoms with Crippen LogP contribution in [-0.2, 0) is 0 Å². The molecule has 106 valence electrons. The highest BCUT2D eigenvalue weighted by Crippen LogP contribution is 1.95. The molecule has 0 spiro atoms. The van der Waals surface area contributed by atoms with Crippen LogP contribution in [0.2, 0.25) is 0 Å². The van der Waals surface area contributed by atoms with E-state index in [1.165, 1.54) is 11.2 Å². The van der Waals surface area contributed by atoms with E-state index in [1.54, 1.807) is 6.20 Å². The summed E-state index contributed by atoms with van der Waals surface area (Å²) in [4.78, 5) is 17.3. The van der Waals surface area contributed by atoms with Crippen molar-refractivity contribution in [1.82, 2.24) is 14.9 Å². The van der Waals surface area contributed by atoms with Gasteiger partial charge < -0.3 is 10.6 Å². The number of hydrogen-bond donors (Lipinski definition) is 1. The van der Waals surface area contributed by atoms with Crippen LogP contribution in [0.25, 0.3) is 0 Å². The van der Waals surface area contributed by atoms with Gasteiger partial charge in [0.05, 0.1) is 11.9 Å². The Hall–Kier alpha value is -1.66. The molecule has 1 rings (SSSR count). The largest absolute Gasteiger partial charge is 0.350 e. The third-order valence-electron chi connectivity index (χ3n) is 2.25. The minimum Gasteiger partial charge on any atom is -0.350 e. The quantitative estimate of drug-likeness (QED) is 0.630. The molecule has 1 aromatic rings. The number of amides is 2. The first-order chi connectivity index (χ1) is 8.59. The van der Waals surface area contributed by atoms with E-state index in [9.17, 15) is 4.79 Å². The smallest absolute Gasteiger partial charge is 0.335 e. The van der Waals surface area contributed by atoms with E-state index in [0.29, 0.717) is 12.2 Å². The van der Waals surface area contributed by atoms with E-state index >= 15 is 0 Å². The maximum Gasteiger partial charge on any atom is 0.335 e. The molecule has 1 heterocycles. The number of rotatable bonds is 6. The topological polar surface area (TPSA) is 74.8 Å². The molecule has 0 aliphatic heterocycles. The number of urea groups is 1. The molecular formula is C12H20ClN5O. The second-order valence-electron chi connectivity index (χ2n) is 4.12. The van der Waals surface area contributed by atoms with Gasteiger partial charge in [0, 0.05) is 12.7 Å². The van der Waals surface area contributed by atoms with Crippen molar-refractivity contribution in [3.8, 4) is 0 Å². The number of aromatic nitrogens is 1. The summed E-state index contributed by atoms with van der Waals surface area (Å²) in [5, 5.41) is 5.29. The number of halogens is 1. The summed E-state index contributed by atoms with van der Waals surface area (Å²) in [5.41, 5.74) is 5.95. The van der Waals surface area contributed by atoms with Gasteiger partial charge in [0.25, 0.3) is 0 Å². The van der Waals surface area contributed by atoms with Gasteiger partial charge in [-0.1, -0.05) is 6.07 Å². The Morgan fingerprint density at radius 3 is 2.68 bits per heavy atom. The van der Waals surface area contributed by atoms with Crippen molar-refractivity contribution in [3.63, 3.8) is 0 Å². The fourth-order valence-electron chi connectivity index (χ4n) is 1.34. The minimum absolute atomic E-state index is 0. The first kappa shape index (κ1) is 17.3. The number of carbonyl (C=O) groups excluding carboxylic acids is 1. The zero-order chi connectivity index (χ0) is 13.4. The third-order valence-corrected chi connectivity index (χ3v) is 2.25. The van der Waals surface area contributed by atoms with Gasteiger partial charge in [0.1, 0.15) is 0 Å². The third kappa shape index (κ3) is 7.38. The van der Waals surface area contributed by atoms with Crippen molar-refractivity contribution < 1.29 is 4.79 Å². The SMILES string of the molecule is CN(C)CCCN(/N=C\c1ccccn1)C(N)=O.Cl. The number of carbonyl (C=O) groups is 1. The van der Waals surface area contributed by atoms with Gasteiger partial charge in [-0.15, -0.1) is 12.4 Å². The molecule has 0 unspecified atom stereocenters. The Morgan fingerprint density at radius 2 is 2.16 bits per heavy atom. The van der Waals surface area contributed by atoms with Gasteiger partial charge in [-0.05, 0) is 39.2 Å². The van der Waals surface area contributed by atoms with Crippen LogP contribution in [0.15, 0.2) is 29.5 Å². The molecule has 2 amide bonds. The molecule has 7 heteroatoms. The predicted octanol–water partition coefficient (Wildman–Crippen LogP) is 1.17. The van der Waals surface area contributed by atoms with E-state index in [0.717, 1.165) is 13.0 Å². The predicted molar refractivity (Wildman–Crippen MR) is 78.5 cm³/mol. The number of primary amides is 1. The van der Waals surface area contributed by atoms with Crippen molar-refractivity contribution in [1.29, 1.82) is 0 Å². The monoisotopic (exact) mass is 285 g/mol. The fraction of sp³-hybridized carbons (Fsp3) is 0.417. The van der Waals surface area contributed by atoms with Crippen molar-refractivity contribution in [2.45, 2.75) is 6.42 Å². The van der Waals surface area contributed by atoms with E-state index in [-0.39, 0.29) is 12.4 Å². The number of pyridine rings is 1. The van der Waals surface area contributed by atoms with E-state index < -0.39 is 6.03 Å². The number of hydrazone groups is 1. The Morgan fingerprint density at radius 1 is 1.42 bits per heavy atom. The van der Waals surface area contributed by atoms with Crippen LogP contribution in [0.1, 0.15) is 12.1 Å². The van der Waals surface area contributed by atoms with E-state index in [2.05, 4.69) is 10.1 Å². The summed E-state index contributed by atoms with van der Waals surface area (Å²) >= 11 is 0. The Labute approximate surface area is 119 Å². The Balaban J connectivity index is 0.00000324. The summed E-state index contributed by atoms with van der Waals surface area (Å²) in [6.07, 6.45) is 4.01. The molecule has 6 nitrogen and oxygen atoms in total. The zero-order valence-corrected chi connectivity index (χ0v) is 12.0. The molecular weight excluding hydrogens is 266 g/mol. The summed E-state index contributed by atoms with van der Waals surface area (Å²) in [5.74, 6) is 0. The van der Waals surface area contributed by atoms with Crippen LogP contribution >= 0.6 is 12.4 Å². The van der Waals surface area contributed by atoms with Crippen molar-refractivity contribution in [3.05, 3.63) is 30.1 Å². The van der Waals surface area contributed by atoms with Gasteiger partial charge >= 0.3 is 6.03 Å². The number of hydrogen-bond acceptors (Lipinski definition) is 4. The molecule has 0 aromatic carbocycles. The maximum absolute atomic E-state index is 11.2. The van der Waals surface area contributed by atoms with Gasteiger partial charge in [-0.2, -0.15) is 5.10 Å². The van der Waals surface area contributed by atoms with Crippen LogP contribution in [0.3, 0.4) is 0 Å². The lowest BCUT2D eigenvalue weighted by atomic mass is 10.4. The maximum atomic E-state index is 11.2. The normalized spacial score (nSPS) is 10.5. The molecule has 0 saturated heterocycles. The van der Waals surface area contributed by atoms with Gasteiger partial charge in [-0.3, -0.25) is 4.98 Å². The van der Waals surface area contributed by atoms with Crippen molar-refractivity contribution in [2.24, 2.45) is 10.8 Å². The standard InChI is InChI=1S/C12H19N5O.ClH/c1-16(2)8-5-9-17(12(13)18)15-10-11-6-3-4-7-14-11;/h3-4,6-7,10H,5,8-9H2,1-2H3,(H2,13,18);1H/b15-10-;. The van der Waals surface area contributed by atoms with Gasteiger partial charge in [0.2, 0.25) is 0 Å². The lowest BCUT2D eigenvalue weighted by Crippen LogP contribution is -2.33. The molecule has 0 aliphatic carbocycles. The van der Waals surface area contributed by atoms with Crippen LogP contribution in [0.4, 0.5) is 4.79 Å². The van der Waals surface area contributed by atoms with Crippen LogP contribution in [0, 0.1) is 0 Å². The number of nitrogens with two attached hydrogens (primary N) is 1. The molecule has 0 aliphatic rings. The molecule has 19 heavy (non-hydrogen) atoms. The summed E-state index contributed by atoms with van der Waals surface area (Å²) in [7, 11) is 3.96. The molecule has 0 bridgehead atoms. The molecule has 2 N–H and O–H groups in total. The first-order valence-electron chi connectivity index (χ1n) is 5.76. The van der Waals surface area contributed by atoms with Crippen LogP contribution in [0.5, 0.6) is 0 Å². The van der Waals surface area contributed by atoms with Crippen LogP contribution in [-0.4, -0.2) is 54.3 Å². The summed E-state index contributed by atoms with van der Waals surface area (Å²) in [6, 6.07) is 4.93. The molecule has 0 atom stereocenters.